The molecule has 2 aromatic carbocycles. The Bertz CT molecular complexity index is 862. The fourth-order valence-corrected chi connectivity index (χ4v) is 3.11. The molecule has 28 heavy (non-hydrogen) atoms. The lowest BCUT2D eigenvalue weighted by molar-refractivity contribution is -0.137. The number of para-hydroxylation sites is 1. The van der Waals surface area contributed by atoms with Crippen LogP contribution in [0.15, 0.2) is 47.5 Å². The number of alkyl halides is 3. The van der Waals surface area contributed by atoms with Crippen LogP contribution < -0.4 is 15.4 Å². The summed E-state index contributed by atoms with van der Waals surface area (Å²) in [6.45, 7) is 2.15. The number of hydrogen-bond acceptors (Lipinski definition) is 4. The molecule has 1 aliphatic heterocycles. The van der Waals surface area contributed by atoms with Gasteiger partial charge in [-0.05, 0) is 24.3 Å². The summed E-state index contributed by atoms with van der Waals surface area (Å²) >= 11 is 0. The Morgan fingerprint density at radius 3 is 2.43 bits per heavy atom. The number of piperazine rings is 1. The van der Waals surface area contributed by atoms with Crippen LogP contribution in [-0.4, -0.2) is 49.3 Å². The molecule has 1 fully saturated rings. The first kappa shape index (κ1) is 19.7. The molecule has 0 atom stereocenters. The number of phenols is 1. The fourth-order valence-electron chi connectivity index (χ4n) is 3.11. The summed E-state index contributed by atoms with van der Waals surface area (Å²) in [7, 11) is 1.53. The van der Waals surface area contributed by atoms with Crippen LogP contribution >= 0.6 is 0 Å². The van der Waals surface area contributed by atoms with Crippen LogP contribution in [-0.2, 0) is 6.18 Å². The summed E-state index contributed by atoms with van der Waals surface area (Å²) in [4.78, 5) is 7.82. The van der Waals surface area contributed by atoms with E-state index in [1.165, 1.54) is 31.4 Å². The molecule has 0 unspecified atom stereocenters. The van der Waals surface area contributed by atoms with E-state index in [2.05, 4.69) is 9.89 Å². The van der Waals surface area contributed by atoms with E-state index >= 15 is 0 Å². The van der Waals surface area contributed by atoms with Crippen molar-refractivity contribution >= 4 is 17.3 Å². The molecule has 1 saturated heterocycles. The predicted molar refractivity (Wildman–Crippen MR) is 101 cm³/mol. The van der Waals surface area contributed by atoms with Gasteiger partial charge in [0.05, 0.1) is 24.0 Å². The van der Waals surface area contributed by atoms with Gasteiger partial charge in [-0.15, -0.1) is 0 Å². The van der Waals surface area contributed by atoms with Crippen LogP contribution in [0.2, 0.25) is 0 Å². The largest absolute Gasteiger partial charge is 0.508 e. The molecule has 0 aliphatic carbocycles. The number of methoxy groups -OCH3 is 1. The quantitative estimate of drug-likeness (QED) is 0.618. The topological polar surface area (TPSA) is 74.3 Å². The van der Waals surface area contributed by atoms with Crippen molar-refractivity contribution in [2.45, 2.75) is 6.18 Å². The zero-order valence-corrected chi connectivity index (χ0v) is 15.3. The van der Waals surface area contributed by atoms with E-state index in [4.69, 9.17) is 10.5 Å². The smallest absolute Gasteiger partial charge is 0.418 e. The van der Waals surface area contributed by atoms with Gasteiger partial charge in [0, 0.05) is 32.2 Å². The predicted octanol–water partition coefficient (Wildman–Crippen LogP) is 3.19. The standard InChI is InChI=1S/C19H21F3N4O2/c1-28-17-12-13(27)6-7-16(17)25-8-10-26(11-9-25)18(23)24-15-5-3-2-4-14(15)19(20,21)22/h2-7,12,27H,8-11H2,1H3,(H2,23,24). The van der Waals surface area contributed by atoms with Gasteiger partial charge in [-0.25, -0.2) is 4.99 Å². The van der Waals surface area contributed by atoms with Crippen LogP contribution in [0.4, 0.5) is 24.5 Å². The molecule has 0 radical (unpaired) electrons. The lowest BCUT2D eigenvalue weighted by Crippen LogP contribution is -2.51. The number of aliphatic imine (C=N–C) groups is 1. The second-order valence-corrected chi connectivity index (χ2v) is 6.32. The highest BCUT2D eigenvalue weighted by Crippen LogP contribution is 2.36. The summed E-state index contributed by atoms with van der Waals surface area (Å²) in [5.41, 5.74) is 5.80. The van der Waals surface area contributed by atoms with Crippen LogP contribution in [0.5, 0.6) is 11.5 Å². The molecule has 0 saturated carbocycles. The van der Waals surface area contributed by atoms with Crippen molar-refractivity contribution < 1.29 is 23.0 Å². The number of nitrogens with zero attached hydrogens (tertiary/aromatic N) is 3. The van der Waals surface area contributed by atoms with Gasteiger partial charge in [-0.2, -0.15) is 13.2 Å². The third-order valence-electron chi connectivity index (χ3n) is 4.55. The summed E-state index contributed by atoms with van der Waals surface area (Å²) in [6, 6.07) is 9.98. The zero-order chi connectivity index (χ0) is 20.3. The van der Waals surface area contributed by atoms with E-state index in [9.17, 15) is 18.3 Å². The van der Waals surface area contributed by atoms with E-state index in [1.807, 2.05) is 0 Å². The molecule has 3 N–H and O–H groups in total. The zero-order valence-electron chi connectivity index (χ0n) is 15.3. The molecule has 150 valence electrons. The average Bonchev–Trinajstić information content (AvgIpc) is 2.67. The highest BCUT2D eigenvalue weighted by Gasteiger charge is 2.33. The van der Waals surface area contributed by atoms with Crippen molar-refractivity contribution in [3.63, 3.8) is 0 Å². The molecule has 1 aliphatic rings. The highest BCUT2D eigenvalue weighted by molar-refractivity contribution is 5.82. The Morgan fingerprint density at radius 1 is 1.11 bits per heavy atom. The minimum Gasteiger partial charge on any atom is -0.508 e. The molecule has 2 aromatic rings. The van der Waals surface area contributed by atoms with E-state index in [0.29, 0.717) is 31.9 Å². The number of hydrogen-bond donors (Lipinski definition) is 2. The minimum absolute atomic E-state index is 0.0500. The molecule has 6 nitrogen and oxygen atoms in total. The van der Waals surface area contributed by atoms with Crippen LogP contribution in [0.1, 0.15) is 5.56 Å². The van der Waals surface area contributed by atoms with Crippen molar-refractivity contribution in [3.8, 4) is 11.5 Å². The molecule has 9 heteroatoms. The van der Waals surface area contributed by atoms with Crippen molar-refractivity contribution in [1.82, 2.24) is 4.90 Å². The maximum absolute atomic E-state index is 13.1. The van der Waals surface area contributed by atoms with Crippen molar-refractivity contribution in [1.29, 1.82) is 0 Å². The molecule has 1 heterocycles. The van der Waals surface area contributed by atoms with Gasteiger partial charge in [-0.3, -0.25) is 0 Å². The number of benzene rings is 2. The van der Waals surface area contributed by atoms with E-state index in [-0.39, 0.29) is 17.4 Å². The first-order valence-corrected chi connectivity index (χ1v) is 8.67. The Balaban J connectivity index is 1.73. The number of guanidine groups is 1. The third kappa shape index (κ3) is 4.24. The van der Waals surface area contributed by atoms with Crippen molar-refractivity contribution in [2.75, 3.05) is 38.2 Å². The first-order valence-electron chi connectivity index (χ1n) is 8.67. The first-order chi connectivity index (χ1) is 13.3. The fraction of sp³-hybridized carbons (Fsp3) is 0.316. The summed E-state index contributed by atoms with van der Waals surface area (Å²) < 4.78 is 44.7. The van der Waals surface area contributed by atoms with Crippen molar-refractivity contribution in [2.24, 2.45) is 10.7 Å². The van der Waals surface area contributed by atoms with Gasteiger partial charge in [-0.1, -0.05) is 12.1 Å². The second-order valence-electron chi connectivity index (χ2n) is 6.32. The third-order valence-corrected chi connectivity index (χ3v) is 4.55. The molecular weight excluding hydrogens is 373 g/mol. The van der Waals surface area contributed by atoms with Crippen LogP contribution in [0.3, 0.4) is 0 Å². The molecule has 0 spiro atoms. The number of rotatable bonds is 3. The Morgan fingerprint density at radius 2 is 1.79 bits per heavy atom. The van der Waals surface area contributed by atoms with Crippen molar-refractivity contribution in [3.05, 3.63) is 48.0 Å². The Kier molecular flexibility index (Phi) is 5.53. The van der Waals surface area contributed by atoms with E-state index in [1.54, 1.807) is 17.0 Å². The number of ether oxygens (including phenoxy) is 1. The van der Waals surface area contributed by atoms with Gasteiger partial charge in [0.25, 0.3) is 0 Å². The maximum Gasteiger partial charge on any atom is 0.418 e. The van der Waals surface area contributed by atoms with E-state index in [0.717, 1.165) is 11.8 Å². The minimum atomic E-state index is -4.49. The molecule has 3 rings (SSSR count). The highest BCUT2D eigenvalue weighted by atomic mass is 19.4. The second kappa shape index (κ2) is 7.87. The van der Waals surface area contributed by atoms with Crippen LogP contribution in [0, 0.1) is 0 Å². The molecular formula is C19H21F3N4O2. The van der Waals surface area contributed by atoms with Gasteiger partial charge in [0.15, 0.2) is 5.96 Å². The van der Waals surface area contributed by atoms with E-state index < -0.39 is 11.7 Å². The lowest BCUT2D eigenvalue weighted by Gasteiger charge is -2.37. The number of anilines is 1. The van der Waals surface area contributed by atoms with Gasteiger partial charge < -0.3 is 25.4 Å². The number of halogens is 3. The van der Waals surface area contributed by atoms with Gasteiger partial charge >= 0.3 is 6.18 Å². The lowest BCUT2D eigenvalue weighted by atomic mass is 10.2. The number of aromatic hydroxyl groups is 1. The summed E-state index contributed by atoms with van der Waals surface area (Å²) in [5, 5.41) is 9.58. The molecule has 0 bridgehead atoms. The maximum atomic E-state index is 13.1. The summed E-state index contributed by atoms with van der Waals surface area (Å²) in [5.74, 6) is 0.710. The Labute approximate surface area is 160 Å². The van der Waals surface area contributed by atoms with Gasteiger partial charge in [0.2, 0.25) is 0 Å². The normalized spacial score (nSPS) is 15.6. The average molecular weight is 394 g/mol. The monoisotopic (exact) mass is 394 g/mol. The number of nitrogens with two attached hydrogens (primary N) is 1. The summed E-state index contributed by atoms with van der Waals surface area (Å²) in [6.07, 6.45) is -4.49. The number of phenolic OH excluding ortho intramolecular Hbond substituents is 1. The Hall–Kier alpha value is -3.10. The van der Waals surface area contributed by atoms with Gasteiger partial charge in [0.1, 0.15) is 11.5 Å². The SMILES string of the molecule is COc1cc(O)ccc1N1CCN(C(N)=Nc2ccccc2C(F)(F)F)CC1. The van der Waals surface area contributed by atoms with Crippen LogP contribution in [0.25, 0.3) is 0 Å². The molecule has 0 amide bonds. The molecule has 0 aromatic heterocycles.